The van der Waals surface area contributed by atoms with Crippen molar-refractivity contribution < 1.29 is 0 Å². The number of aromatic nitrogens is 2. The number of para-hydroxylation sites is 1. The molecule has 1 N–H and O–H groups in total. The van der Waals surface area contributed by atoms with E-state index in [4.69, 9.17) is 12.2 Å². The smallest absolute Gasteiger partial charge is 0.276 e. The quantitative estimate of drug-likeness (QED) is 0.734. The topological polar surface area (TPSA) is 37.8 Å². The Morgan fingerprint density at radius 1 is 1.19 bits per heavy atom. The highest BCUT2D eigenvalue weighted by atomic mass is 32.1. The zero-order valence-electron chi connectivity index (χ0n) is 12.0. The highest BCUT2D eigenvalue weighted by Gasteiger charge is 2.14. The summed E-state index contributed by atoms with van der Waals surface area (Å²) in [5, 5.41) is 1.91. The molecule has 0 spiro atoms. The summed E-state index contributed by atoms with van der Waals surface area (Å²) in [5.74, 6) is 0. The lowest BCUT2D eigenvalue weighted by molar-refractivity contribution is 0.895. The summed E-state index contributed by atoms with van der Waals surface area (Å²) in [6, 6.07) is 8.07. The van der Waals surface area contributed by atoms with Gasteiger partial charge in [0.15, 0.2) is 4.77 Å². The Hall–Kier alpha value is -1.72. The first-order valence-corrected chi connectivity index (χ1v) is 8.29. The number of benzene rings is 1. The fourth-order valence-electron chi connectivity index (χ4n) is 2.64. The van der Waals surface area contributed by atoms with Crippen LogP contribution in [-0.4, -0.2) is 9.55 Å². The standard InChI is InChI=1S/C16H16N2OS2/c1-3-10-6-5-7-11(4-2)13(10)18-15(19)14-12(8-9-21-14)17-16(18)20/h5-9H,3-4H2,1-2H3,(H,17,20). The van der Waals surface area contributed by atoms with Gasteiger partial charge in [-0.25, -0.2) is 0 Å². The average molecular weight is 316 g/mol. The van der Waals surface area contributed by atoms with Crippen molar-refractivity contribution in [1.29, 1.82) is 0 Å². The Labute approximate surface area is 131 Å². The van der Waals surface area contributed by atoms with Crippen LogP contribution in [0.3, 0.4) is 0 Å². The van der Waals surface area contributed by atoms with Gasteiger partial charge in [0.05, 0.1) is 11.2 Å². The van der Waals surface area contributed by atoms with E-state index in [2.05, 4.69) is 31.0 Å². The predicted molar refractivity (Wildman–Crippen MR) is 91.4 cm³/mol. The molecule has 0 amide bonds. The normalized spacial score (nSPS) is 11.1. The molecule has 2 heterocycles. The molecule has 0 saturated carbocycles. The SMILES string of the molecule is CCc1cccc(CC)c1-n1c(=S)[nH]c2ccsc2c1=O. The van der Waals surface area contributed by atoms with Crippen molar-refractivity contribution in [3.63, 3.8) is 0 Å². The molecule has 0 saturated heterocycles. The van der Waals surface area contributed by atoms with Gasteiger partial charge in [0.2, 0.25) is 0 Å². The van der Waals surface area contributed by atoms with E-state index in [0.717, 1.165) is 39.9 Å². The molecule has 21 heavy (non-hydrogen) atoms. The third-order valence-electron chi connectivity index (χ3n) is 3.70. The summed E-state index contributed by atoms with van der Waals surface area (Å²) in [7, 11) is 0. The lowest BCUT2D eigenvalue weighted by atomic mass is 10.0. The molecule has 0 unspecified atom stereocenters. The molecule has 108 valence electrons. The second kappa shape index (κ2) is 5.58. The summed E-state index contributed by atoms with van der Waals surface area (Å²) in [6.45, 7) is 4.19. The fraction of sp³-hybridized carbons (Fsp3) is 0.250. The maximum atomic E-state index is 12.8. The van der Waals surface area contributed by atoms with E-state index in [-0.39, 0.29) is 5.56 Å². The molecule has 0 atom stereocenters. The molecule has 0 aliphatic rings. The van der Waals surface area contributed by atoms with Crippen molar-refractivity contribution in [2.24, 2.45) is 0 Å². The minimum atomic E-state index is -0.0284. The molecule has 0 aliphatic heterocycles. The van der Waals surface area contributed by atoms with Gasteiger partial charge in [-0.15, -0.1) is 11.3 Å². The van der Waals surface area contributed by atoms with E-state index >= 15 is 0 Å². The highest BCUT2D eigenvalue weighted by molar-refractivity contribution is 7.71. The van der Waals surface area contributed by atoms with Crippen molar-refractivity contribution >= 4 is 33.8 Å². The second-order valence-corrected chi connectivity index (χ2v) is 6.17. The maximum absolute atomic E-state index is 12.8. The van der Waals surface area contributed by atoms with Crippen molar-refractivity contribution in [1.82, 2.24) is 9.55 Å². The number of aryl methyl sites for hydroxylation is 2. The number of H-pyrrole nitrogens is 1. The third kappa shape index (κ3) is 2.26. The summed E-state index contributed by atoms with van der Waals surface area (Å²) in [5.41, 5.74) is 4.03. The summed E-state index contributed by atoms with van der Waals surface area (Å²) in [4.78, 5) is 16.0. The summed E-state index contributed by atoms with van der Waals surface area (Å²) >= 11 is 6.89. The minimum absolute atomic E-state index is 0.0284. The van der Waals surface area contributed by atoms with E-state index in [0.29, 0.717) is 4.77 Å². The van der Waals surface area contributed by atoms with Crippen LogP contribution in [0.5, 0.6) is 0 Å². The number of nitrogens with one attached hydrogen (secondary N) is 1. The molecule has 0 bridgehead atoms. The molecule has 3 nitrogen and oxygen atoms in total. The Morgan fingerprint density at radius 3 is 2.48 bits per heavy atom. The van der Waals surface area contributed by atoms with Gasteiger partial charge < -0.3 is 4.98 Å². The van der Waals surface area contributed by atoms with Crippen LogP contribution in [0.25, 0.3) is 15.9 Å². The summed E-state index contributed by atoms with van der Waals surface area (Å²) in [6.07, 6.45) is 1.74. The van der Waals surface area contributed by atoms with E-state index in [1.807, 2.05) is 17.5 Å². The van der Waals surface area contributed by atoms with Crippen LogP contribution in [-0.2, 0) is 12.8 Å². The van der Waals surface area contributed by atoms with Crippen molar-refractivity contribution in [3.05, 3.63) is 55.9 Å². The number of fused-ring (bicyclic) bond motifs is 1. The molecule has 1 aromatic carbocycles. The van der Waals surface area contributed by atoms with Gasteiger partial charge in [-0.3, -0.25) is 9.36 Å². The van der Waals surface area contributed by atoms with Gasteiger partial charge >= 0.3 is 0 Å². The lowest BCUT2D eigenvalue weighted by Gasteiger charge is -2.15. The summed E-state index contributed by atoms with van der Waals surface area (Å²) < 4.78 is 2.84. The fourth-order valence-corrected chi connectivity index (χ4v) is 3.71. The van der Waals surface area contributed by atoms with Crippen molar-refractivity contribution in [2.45, 2.75) is 26.7 Å². The van der Waals surface area contributed by atoms with Crippen LogP contribution < -0.4 is 5.56 Å². The number of hydrogen-bond donors (Lipinski definition) is 1. The first-order valence-electron chi connectivity index (χ1n) is 7.01. The Kier molecular flexibility index (Phi) is 3.78. The van der Waals surface area contributed by atoms with Gasteiger partial charge in [0, 0.05) is 0 Å². The first-order chi connectivity index (χ1) is 10.2. The van der Waals surface area contributed by atoms with Crippen molar-refractivity contribution in [2.75, 3.05) is 0 Å². The van der Waals surface area contributed by atoms with Crippen LogP contribution >= 0.6 is 23.6 Å². The second-order valence-electron chi connectivity index (χ2n) is 4.87. The zero-order valence-corrected chi connectivity index (χ0v) is 13.6. The van der Waals surface area contributed by atoms with Gasteiger partial charge in [0.25, 0.3) is 5.56 Å². The number of nitrogens with zero attached hydrogens (tertiary/aromatic N) is 1. The molecule has 3 rings (SSSR count). The zero-order chi connectivity index (χ0) is 15.0. The Balaban J connectivity index is 2.46. The Morgan fingerprint density at radius 2 is 1.86 bits per heavy atom. The van der Waals surface area contributed by atoms with Gasteiger partial charge in [-0.2, -0.15) is 0 Å². The first kappa shape index (κ1) is 14.2. The number of hydrogen-bond acceptors (Lipinski definition) is 3. The predicted octanol–water partition coefficient (Wildman–Crippen LogP) is 4.23. The minimum Gasteiger partial charge on any atom is -0.331 e. The lowest BCUT2D eigenvalue weighted by Crippen LogP contribution is -2.22. The van der Waals surface area contributed by atoms with Gasteiger partial charge in [-0.1, -0.05) is 32.0 Å². The average Bonchev–Trinajstić information content (AvgIpc) is 2.95. The number of thiophene rings is 1. The monoisotopic (exact) mass is 316 g/mol. The van der Waals surface area contributed by atoms with Gasteiger partial charge in [0.1, 0.15) is 4.70 Å². The number of aromatic amines is 1. The maximum Gasteiger partial charge on any atom is 0.276 e. The van der Waals surface area contributed by atoms with Gasteiger partial charge in [-0.05, 0) is 47.6 Å². The largest absolute Gasteiger partial charge is 0.331 e. The van der Waals surface area contributed by atoms with Crippen LogP contribution in [0, 0.1) is 4.77 Å². The van der Waals surface area contributed by atoms with E-state index < -0.39 is 0 Å². The molecule has 5 heteroatoms. The highest BCUT2D eigenvalue weighted by Crippen LogP contribution is 2.22. The van der Waals surface area contributed by atoms with Crippen LogP contribution in [0.2, 0.25) is 0 Å². The molecule has 0 aliphatic carbocycles. The number of rotatable bonds is 3. The van der Waals surface area contributed by atoms with Crippen molar-refractivity contribution in [3.8, 4) is 5.69 Å². The Bertz CT molecular complexity index is 896. The van der Waals surface area contributed by atoms with E-state index in [1.54, 1.807) is 4.57 Å². The molecule has 2 aromatic heterocycles. The van der Waals surface area contributed by atoms with E-state index in [1.165, 1.54) is 11.3 Å². The third-order valence-corrected chi connectivity index (χ3v) is 4.88. The van der Waals surface area contributed by atoms with E-state index in [9.17, 15) is 4.79 Å². The van der Waals surface area contributed by atoms with Crippen LogP contribution in [0.4, 0.5) is 0 Å². The molecular formula is C16H16N2OS2. The molecule has 3 aromatic rings. The van der Waals surface area contributed by atoms with Crippen LogP contribution in [0.15, 0.2) is 34.4 Å². The molecular weight excluding hydrogens is 300 g/mol. The van der Waals surface area contributed by atoms with Crippen LogP contribution in [0.1, 0.15) is 25.0 Å². The molecule has 0 fully saturated rings. The molecule has 0 radical (unpaired) electrons.